The molecule has 4 rings (SSSR count). The average molecular weight is 453 g/mol. The van der Waals surface area contributed by atoms with E-state index in [0.29, 0.717) is 43.0 Å². The molecule has 10 heteroatoms. The summed E-state index contributed by atoms with van der Waals surface area (Å²) in [7, 11) is 0. The summed E-state index contributed by atoms with van der Waals surface area (Å²) in [4.78, 5) is 40.3. The Morgan fingerprint density at radius 2 is 2.06 bits per heavy atom. The van der Waals surface area contributed by atoms with Crippen LogP contribution in [0.25, 0.3) is 11.7 Å². The van der Waals surface area contributed by atoms with Crippen LogP contribution in [-0.2, 0) is 11.3 Å². The third-order valence-electron chi connectivity index (χ3n) is 5.98. The minimum atomic E-state index is -0.610. The molecule has 0 aromatic carbocycles. The zero-order chi connectivity index (χ0) is 23.9. The van der Waals surface area contributed by atoms with Crippen molar-refractivity contribution >= 4 is 23.5 Å². The summed E-state index contributed by atoms with van der Waals surface area (Å²) in [5, 5.41) is 27.0. The topological polar surface area (TPSA) is 133 Å². The van der Waals surface area contributed by atoms with Gasteiger partial charge in [-0.1, -0.05) is 13.8 Å². The molecule has 2 aromatic heterocycles. The van der Waals surface area contributed by atoms with Crippen molar-refractivity contribution in [2.75, 3.05) is 13.1 Å². The molecule has 0 radical (unpaired) electrons. The Kier molecular flexibility index (Phi) is 5.97. The van der Waals surface area contributed by atoms with E-state index in [4.69, 9.17) is 5.26 Å². The molecule has 2 fully saturated rings. The van der Waals surface area contributed by atoms with Crippen molar-refractivity contribution in [1.29, 1.82) is 5.26 Å². The number of nitrogens with one attached hydrogen (secondary N) is 1. The monoisotopic (exact) mass is 452 g/mol. The maximum absolute atomic E-state index is 13.3. The standard InChI is InChI=1S/C23H28N6O4/c1-13(2)11-28-21-17(6-7-18(30)27-9-8-15(10-24)12-27)14(3)26-29(21)23(33)19(22(28)32)20(31)25-16-4-5-16/h6-7,13,15-16,33H,4-5,8-9,11-12H2,1-3H3,(H,25,31). The fourth-order valence-corrected chi connectivity index (χ4v) is 4.11. The molecule has 1 aliphatic carbocycles. The highest BCUT2D eigenvalue weighted by atomic mass is 16.3. The van der Waals surface area contributed by atoms with E-state index < -0.39 is 17.3 Å². The van der Waals surface area contributed by atoms with Crippen molar-refractivity contribution in [2.24, 2.45) is 11.8 Å². The molecule has 2 N–H and O–H groups in total. The third kappa shape index (κ3) is 4.35. The second-order valence-electron chi connectivity index (χ2n) is 9.22. The van der Waals surface area contributed by atoms with Crippen LogP contribution in [0.2, 0.25) is 0 Å². The lowest BCUT2D eigenvalue weighted by atomic mass is 10.1. The van der Waals surface area contributed by atoms with Crippen molar-refractivity contribution in [3.8, 4) is 11.9 Å². The number of nitrogens with zero attached hydrogens (tertiary/aromatic N) is 5. The Balaban J connectivity index is 1.78. The first-order valence-corrected chi connectivity index (χ1v) is 11.2. The van der Waals surface area contributed by atoms with Crippen LogP contribution in [0.3, 0.4) is 0 Å². The summed E-state index contributed by atoms with van der Waals surface area (Å²) < 4.78 is 2.64. The Morgan fingerprint density at radius 1 is 1.33 bits per heavy atom. The average Bonchev–Trinajstić information content (AvgIpc) is 3.32. The van der Waals surface area contributed by atoms with E-state index in [1.54, 1.807) is 17.9 Å². The molecule has 1 aliphatic heterocycles. The van der Waals surface area contributed by atoms with E-state index in [1.165, 1.54) is 15.2 Å². The van der Waals surface area contributed by atoms with Crippen LogP contribution in [0.15, 0.2) is 10.9 Å². The fraction of sp³-hybridized carbons (Fsp3) is 0.522. The first-order valence-electron chi connectivity index (χ1n) is 11.2. The molecule has 1 atom stereocenters. The van der Waals surface area contributed by atoms with Crippen LogP contribution < -0.4 is 10.9 Å². The number of amides is 2. The van der Waals surface area contributed by atoms with Gasteiger partial charge >= 0.3 is 0 Å². The molecule has 1 saturated carbocycles. The lowest BCUT2D eigenvalue weighted by Crippen LogP contribution is -2.36. The summed E-state index contributed by atoms with van der Waals surface area (Å²) in [6.45, 7) is 6.83. The Morgan fingerprint density at radius 3 is 2.67 bits per heavy atom. The molecule has 0 bridgehead atoms. The normalized spacial score (nSPS) is 18.4. The predicted octanol–water partition coefficient (Wildman–Crippen LogP) is 1.44. The van der Waals surface area contributed by atoms with E-state index in [2.05, 4.69) is 16.5 Å². The molecule has 0 spiro atoms. The van der Waals surface area contributed by atoms with Crippen LogP contribution in [0.4, 0.5) is 0 Å². The fourth-order valence-electron chi connectivity index (χ4n) is 4.11. The molecule has 174 valence electrons. The number of fused-ring (bicyclic) bond motifs is 1. The molecule has 2 amide bonds. The van der Waals surface area contributed by atoms with Crippen LogP contribution in [0.1, 0.15) is 54.7 Å². The van der Waals surface area contributed by atoms with Gasteiger partial charge in [-0.25, -0.2) is 0 Å². The number of aryl methyl sites for hydroxylation is 1. The lowest BCUT2D eigenvalue weighted by Gasteiger charge is -2.15. The number of carbonyl (C=O) groups excluding carboxylic acids is 2. The van der Waals surface area contributed by atoms with Gasteiger partial charge < -0.3 is 15.3 Å². The molecule has 10 nitrogen and oxygen atoms in total. The molecule has 1 saturated heterocycles. The number of likely N-dealkylation sites (tertiary alicyclic amines) is 1. The number of carbonyl (C=O) groups is 2. The van der Waals surface area contributed by atoms with Crippen molar-refractivity contribution in [3.63, 3.8) is 0 Å². The highest BCUT2D eigenvalue weighted by Crippen LogP contribution is 2.25. The molecule has 1 unspecified atom stereocenters. The summed E-state index contributed by atoms with van der Waals surface area (Å²) in [6, 6.07) is 2.22. The second-order valence-corrected chi connectivity index (χ2v) is 9.22. The first-order chi connectivity index (χ1) is 15.7. The Hall–Kier alpha value is -3.61. The van der Waals surface area contributed by atoms with Gasteiger partial charge in [0.25, 0.3) is 11.5 Å². The molecule has 2 aromatic rings. The zero-order valence-electron chi connectivity index (χ0n) is 19.0. The summed E-state index contributed by atoms with van der Waals surface area (Å²) >= 11 is 0. The van der Waals surface area contributed by atoms with E-state index in [0.717, 1.165) is 12.8 Å². The summed E-state index contributed by atoms with van der Waals surface area (Å²) in [5.74, 6) is -1.43. The van der Waals surface area contributed by atoms with Gasteiger partial charge in [-0.05, 0) is 38.2 Å². The quantitative estimate of drug-likeness (QED) is 0.638. The van der Waals surface area contributed by atoms with E-state index >= 15 is 0 Å². The summed E-state index contributed by atoms with van der Waals surface area (Å²) in [6.07, 6.45) is 5.34. The third-order valence-corrected chi connectivity index (χ3v) is 5.98. The molecule has 33 heavy (non-hydrogen) atoms. The Labute approximate surface area is 191 Å². The number of hydrogen-bond acceptors (Lipinski definition) is 6. The lowest BCUT2D eigenvalue weighted by molar-refractivity contribution is -0.125. The van der Waals surface area contributed by atoms with Gasteiger partial charge in [0, 0.05) is 37.3 Å². The van der Waals surface area contributed by atoms with Crippen molar-refractivity contribution in [2.45, 2.75) is 52.6 Å². The number of aromatic hydroxyl groups is 1. The smallest absolute Gasteiger partial charge is 0.270 e. The van der Waals surface area contributed by atoms with Gasteiger partial charge in [0.1, 0.15) is 5.65 Å². The van der Waals surface area contributed by atoms with Crippen LogP contribution in [0, 0.1) is 30.1 Å². The van der Waals surface area contributed by atoms with E-state index in [1.807, 2.05) is 13.8 Å². The Bertz CT molecular complexity index is 1240. The maximum atomic E-state index is 13.3. The van der Waals surface area contributed by atoms with E-state index in [9.17, 15) is 19.5 Å². The van der Waals surface area contributed by atoms with E-state index in [-0.39, 0.29) is 29.3 Å². The highest BCUT2D eigenvalue weighted by Gasteiger charge is 2.30. The highest BCUT2D eigenvalue weighted by molar-refractivity contribution is 5.97. The summed E-state index contributed by atoms with van der Waals surface area (Å²) in [5.41, 5.74) is 0.420. The minimum Gasteiger partial charge on any atom is -0.492 e. The second kappa shape index (κ2) is 8.73. The molecule has 2 aliphatic rings. The molecule has 3 heterocycles. The van der Waals surface area contributed by atoms with Gasteiger partial charge in [0.2, 0.25) is 11.8 Å². The maximum Gasteiger partial charge on any atom is 0.270 e. The SMILES string of the molecule is Cc1nn2c(O)c(C(=O)NC3CC3)c(=O)n(CC(C)C)c2c1C=CC(=O)N1CCC(C#N)C1. The van der Waals surface area contributed by atoms with Gasteiger partial charge in [0.05, 0.1) is 17.7 Å². The molecular weight excluding hydrogens is 424 g/mol. The minimum absolute atomic E-state index is 0.0284. The van der Waals surface area contributed by atoms with Crippen molar-refractivity contribution < 1.29 is 14.7 Å². The van der Waals surface area contributed by atoms with Gasteiger partial charge in [-0.2, -0.15) is 14.9 Å². The number of hydrogen-bond donors (Lipinski definition) is 2. The number of rotatable bonds is 6. The van der Waals surface area contributed by atoms with Crippen LogP contribution in [0.5, 0.6) is 5.88 Å². The van der Waals surface area contributed by atoms with Gasteiger partial charge in [0.15, 0.2) is 5.56 Å². The van der Waals surface area contributed by atoms with Crippen LogP contribution >= 0.6 is 0 Å². The largest absolute Gasteiger partial charge is 0.492 e. The molecular formula is C23H28N6O4. The zero-order valence-corrected chi connectivity index (χ0v) is 19.0. The first kappa shape index (κ1) is 22.6. The predicted molar refractivity (Wildman–Crippen MR) is 121 cm³/mol. The number of nitriles is 1. The van der Waals surface area contributed by atoms with Crippen molar-refractivity contribution in [1.82, 2.24) is 24.4 Å². The number of aromatic nitrogens is 3. The van der Waals surface area contributed by atoms with Gasteiger partial charge in [-0.15, -0.1) is 0 Å². The van der Waals surface area contributed by atoms with Crippen LogP contribution in [-0.4, -0.2) is 55.1 Å². The van der Waals surface area contributed by atoms with Crippen molar-refractivity contribution in [3.05, 3.63) is 33.3 Å². The van der Waals surface area contributed by atoms with Gasteiger partial charge in [-0.3, -0.25) is 19.0 Å².